The maximum atomic E-state index is 13.9. The largest absolute Gasteiger partial charge is 0.379 e. The summed E-state index contributed by atoms with van der Waals surface area (Å²) in [5, 5.41) is 2.95. The third-order valence-corrected chi connectivity index (χ3v) is 5.36. The van der Waals surface area contributed by atoms with E-state index in [2.05, 4.69) is 26.1 Å². The Morgan fingerprint density at radius 3 is 2.54 bits per heavy atom. The van der Waals surface area contributed by atoms with Crippen molar-refractivity contribution in [2.75, 3.05) is 32.8 Å². The molecule has 1 unspecified atom stereocenters. The minimum Gasteiger partial charge on any atom is -0.379 e. The predicted molar refractivity (Wildman–Crippen MR) is 107 cm³/mol. The molecule has 0 saturated carbocycles. The Labute approximate surface area is 172 Å². The van der Waals surface area contributed by atoms with Crippen LogP contribution in [0.4, 0.5) is 8.78 Å². The zero-order valence-electron chi connectivity index (χ0n) is 15.5. The highest BCUT2D eigenvalue weighted by Crippen LogP contribution is 2.22. The van der Waals surface area contributed by atoms with Crippen molar-refractivity contribution < 1.29 is 18.3 Å². The number of aryl methyl sites for hydroxylation is 1. The molecule has 2 aromatic rings. The van der Waals surface area contributed by atoms with Crippen LogP contribution in [0.2, 0.25) is 0 Å². The number of halogens is 3. The quantitative estimate of drug-likeness (QED) is 0.693. The molecule has 4 nitrogen and oxygen atoms in total. The molecule has 1 amide bonds. The summed E-state index contributed by atoms with van der Waals surface area (Å²) in [5.74, 6) is -0.743. The van der Waals surface area contributed by atoms with E-state index in [-0.39, 0.29) is 30.0 Å². The van der Waals surface area contributed by atoms with Gasteiger partial charge < -0.3 is 10.1 Å². The first-order valence-corrected chi connectivity index (χ1v) is 10.1. The van der Waals surface area contributed by atoms with E-state index in [1.807, 2.05) is 0 Å². The minimum atomic E-state index is -0.320. The van der Waals surface area contributed by atoms with Gasteiger partial charge in [-0.05, 0) is 41.8 Å². The van der Waals surface area contributed by atoms with Gasteiger partial charge in [0.2, 0.25) is 5.91 Å². The molecule has 0 radical (unpaired) electrons. The molecule has 0 aromatic heterocycles. The highest BCUT2D eigenvalue weighted by Gasteiger charge is 2.23. The van der Waals surface area contributed by atoms with Crippen LogP contribution in [0.5, 0.6) is 0 Å². The van der Waals surface area contributed by atoms with Crippen LogP contribution in [0.1, 0.15) is 23.6 Å². The summed E-state index contributed by atoms with van der Waals surface area (Å²) >= 11 is 3.23. The van der Waals surface area contributed by atoms with Crippen molar-refractivity contribution in [1.29, 1.82) is 0 Å². The number of ether oxygens (including phenoxy) is 1. The fraction of sp³-hybridized carbons (Fsp3) is 0.381. The number of rotatable bonds is 7. The molecule has 0 spiro atoms. The summed E-state index contributed by atoms with van der Waals surface area (Å²) in [5.41, 5.74) is 1.46. The van der Waals surface area contributed by atoms with Crippen molar-refractivity contribution in [2.24, 2.45) is 0 Å². The van der Waals surface area contributed by atoms with Crippen LogP contribution in [-0.4, -0.2) is 43.7 Å². The third kappa shape index (κ3) is 5.83. The topological polar surface area (TPSA) is 41.6 Å². The molecule has 0 aliphatic carbocycles. The van der Waals surface area contributed by atoms with E-state index in [1.54, 1.807) is 24.3 Å². The number of hydrogen-bond acceptors (Lipinski definition) is 3. The molecule has 2 aromatic carbocycles. The third-order valence-electron chi connectivity index (χ3n) is 4.87. The highest BCUT2D eigenvalue weighted by atomic mass is 79.9. The van der Waals surface area contributed by atoms with E-state index in [1.165, 1.54) is 18.2 Å². The zero-order chi connectivity index (χ0) is 19.9. The average Bonchev–Trinajstić information content (AvgIpc) is 2.69. The molecule has 1 atom stereocenters. The van der Waals surface area contributed by atoms with Gasteiger partial charge in [0.05, 0.1) is 19.3 Å². The maximum absolute atomic E-state index is 13.9. The van der Waals surface area contributed by atoms with E-state index >= 15 is 0 Å². The number of nitrogens with zero attached hydrogens (tertiary/aromatic N) is 1. The van der Waals surface area contributed by atoms with Crippen LogP contribution in [0, 0.1) is 11.6 Å². The van der Waals surface area contributed by atoms with E-state index in [0.29, 0.717) is 36.2 Å². The molecule has 1 aliphatic heterocycles. The van der Waals surface area contributed by atoms with Gasteiger partial charge in [-0.2, -0.15) is 0 Å². The lowest BCUT2D eigenvalue weighted by molar-refractivity contribution is -0.121. The van der Waals surface area contributed by atoms with Gasteiger partial charge in [-0.15, -0.1) is 0 Å². The number of nitrogens with one attached hydrogen (secondary N) is 1. The molecule has 1 N–H and O–H groups in total. The van der Waals surface area contributed by atoms with Crippen molar-refractivity contribution in [3.8, 4) is 0 Å². The van der Waals surface area contributed by atoms with E-state index < -0.39 is 0 Å². The van der Waals surface area contributed by atoms with Gasteiger partial charge in [0, 0.05) is 30.5 Å². The highest BCUT2D eigenvalue weighted by molar-refractivity contribution is 9.10. The molecule has 1 aliphatic rings. The molecule has 1 fully saturated rings. The Kier molecular flexibility index (Phi) is 7.53. The van der Waals surface area contributed by atoms with Crippen molar-refractivity contribution in [2.45, 2.75) is 18.9 Å². The van der Waals surface area contributed by atoms with Gasteiger partial charge >= 0.3 is 0 Å². The number of amides is 1. The molecular weight excluding hydrogens is 430 g/mol. The van der Waals surface area contributed by atoms with Gasteiger partial charge in [-0.25, -0.2) is 8.78 Å². The monoisotopic (exact) mass is 452 g/mol. The first-order valence-electron chi connectivity index (χ1n) is 9.31. The van der Waals surface area contributed by atoms with Crippen molar-refractivity contribution in [3.63, 3.8) is 0 Å². The Morgan fingerprint density at radius 2 is 1.86 bits per heavy atom. The second-order valence-electron chi connectivity index (χ2n) is 6.76. The van der Waals surface area contributed by atoms with E-state index in [4.69, 9.17) is 4.74 Å². The first kappa shape index (κ1) is 20.9. The van der Waals surface area contributed by atoms with Gasteiger partial charge in [-0.1, -0.05) is 34.1 Å². The SMILES string of the molecule is O=C(CCc1ccc(Br)cc1F)NCC(c1ccc(F)cc1)N1CCOCC1. The fourth-order valence-electron chi connectivity index (χ4n) is 3.30. The first-order chi connectivity index (χ1) is 13.5. The Morgan fingerprint density at radius 1 is 1.14 bits per heavy atom. The zero-order valence-corrected chi connectivity index (χ0v) is 17.1. The van der Waals surface area contributed by atoms with E-state index in [9.17, 15) is 13.6 Å². The molecule has 0 bridgehead atoms. The van der Waals surface area contributed by atoms with Crippen molar-refractivity contribution in [3.05, 3.63) is 69.7 Å². The number of carbonyl (C=O) groups is 1. The Balaban J connectivity index is 1.59. The number of benzene rings is 2. The van der Waals surface area contributed by atoms with Crippen molar-refractivity contribution in [1.82, 2.24) is 10.2 Å². The Hall–Kier alpha value is -1.83. The lowest BCUT2D eigenvalue weighted by atomic mass is 10.0. The van der Waals surface area contributed by atoms with E-state index in [0.717, 1.165) is 18.7 Å². The summed E-state index contributed by atoms with van der Waals surface area (Å²) in [6.07, 6.45) is 0.543. The Bertz CT molecular complexity index is 795. The van der Waals surface area contributed by atoms with Gasteiger partial charge in [0.25, 0.3) is 0 Å². The van der Waals surface area contributed by atoms with Crippen LogP contribution >= 0.6 is 15.9 Å². The molecular formula is C21H23BrF2N2O2. The normalized spacial score (nSPS) is 16.0. The van der Waals surface area contributed by atoms with Gasteiger partial charge in [0.1, 0.15) is 11.6 Å². The standard InChI is InChI=1S/C21H23BrF2N2O2/c22-17-5-1-15(19(24)13-17)4-8-21(27)25-14-20(26-9-11-28-12-10-26)16-2-6-18(23)7-3-16/h1-3,5-7,13,20H,4,8-12,14H2,(H,25,27). The molecule has 1 saturated heterocycles. The second-order valence-corrected chi connectivity index (χ2v) is 7.67. The van der Waals surface area contributed by atoms with Gasteiger partial charge in [0.15, 0.2) is 0 Å². The molecule has 3 rings (SSSR count). The summed E-state index contributed by atoms with van der Waals surface area (Å²) in [7, 11) is 0. The molecule has 28 heavy (non-hydrogen) atoms. The number of hydrogen-bond donors (Lipinski definition) is 1. The van der Waals surface area contributed by atoms with Crippen LogP contribution in [0.15, 0.2) is 46.9 Å². The van der Waals surface area contributed by atoms with Crippen LogP contribution in [0.25, 0.3) is 0 Å². The summed E-state index contributed by atoms with van der Waals surface area (Å²) in [6, 6.07) is 11.1. The number of morpholine rings is 1. The second kappa shape index (κ2) is 10.1. The number of carbonyl (C=O) groups excluding carboxylic acids is 1. The van der Waals surface area contributed by atoms with Crippen LogP contribution < -0.4 is 5.32 Å². The minimum absolute atomic E-state index is 0.0575. The lowest BCUT2D eigenvalue weighted by Gasteiger charge is -2.35. The van der Waals surface area contributed by atoms with Crippen molar-refractivity contribution >= 4 is 21.8 Å². The molecule has 150 valence electrons. The maximum Gasteiger partial charge on any atom is 0.220 e. The summed E-state index contributed by atoms with van der Waals surface area (Å²) in [6.45, 7) is 3.18. The summed E-state index contributed by atoms with van der Waals surface area (Å²) < 4.78 is 33.3. The smallest absolute Gasteiger partial charge is 0.220 e. The van der Waals surface area contributed by atoms with Gasteiger partial charge in [-0.3, -0.25) is 9.69 Å². The predicted octanol–water partition coefficient (Wildman–Crippen LogP) is 3.85. The molecule has 7 heteroatoms. The lowest BCUT2D eigenvalue weighted by Crippen LogP contribution is -2.43. The summed E-state index contributed by atoms with van der Waals surface area (Å²) in [4.78, 5) is 14.5. The average molecular weight is 453 g/mol. The fourth-order valence-corrected chi connectivity index (χ4v) is 3.64. The van der Waals surface area contributed by atoms with Crippen LogP contribution in [-0.2, 0) is 16.0 Å². The molecule has 1 heterocycles. The van der Waals surface area contributed by atoms with Crippen LogP contribution in [0.3, 0.4) is 0 Å².